The summed E-state index contributed by atoms with van der Waals surface area (Å²) in [6.45, 7) is 3.94. The highest BCUT2D eigenvalue weighted by Gasteiger charge is 2.19. The summed E-state index contributed by atoms with van der Waals surface area (Å²) < 4.78 is 5.84. The van der Waals surface area contributed by atoms with E-state index in [0.717, 1.165) is 21.8 Å². The highest BCUT2D eigenvalue weighted by molar-refractivity contribution is 8.00. The number of aryl methyl sites for hydroxylation is 1. The maximum atomic E-state index is 13.5. The smallest absolute Gasteiger partial charge is 0.272 e. The Kier molecular flexibility index (Phi) is 11.2. The third-order valence-corrected chi connectivity index (χ3v) is 8.41. The predicted molar refractivity (Wildman–Crippen MR) is 190 cm³/mol. The molecule has 0 aliphatic carbocycles. The van der Waals surface area contributed by atoms with Crippen LogP contribution >= 0.6 is 11.8 Å². The number of para-hydroxylation sites is 1. The Balaban J connectivity index is 1.24. The number of hydrogen-bond donors (Lipinski definition) is 3. The highest BCUT2D eigenvalue weighted by Crippen LogP contribution is 2.29. The van der Waals surface area contributed by atoms with Gasteiger partial charge in [0.25, 0.3) is 11.8 Å². The van der Waals surface area contributed by atoms with Crippen LogP contribution in [0.4, 0.5) is 11.4 Å². The molecule has 1 atom stereocenters. The minimum Gasteiger partial charge on any atom is -0.457 e. The van der Waals surface area contributed by atoms with Crippen LogP contribution in [-0.4, -0.2) is 23.0 Å². The van der Waals surface area contributed by atoms with Crippen LogP contribution in [0.1, 0.15) is 34.8 Å². The number of carbonyl (C=O) groups excluding carboxylic acids is 3. The molecule has 3 N–H and O–H groups in total. The lowest BCUT2D eigenvalue weighted by Crippen LogP contribution is -2.30. The fourth-order valence-corrected chi connectivity index (χ4v) is 5.57. The molecule has 5 rings (SSSR count). The van der Waals surface area contributed by atoms with Gasteiger partial charge in [0.1, 0.15) is 17.2 Å². The van der Waals surface area contributed by atoms with Crippen LogP contribution < -0.4 is 20.7 Å². The van der Waals surface area contributed by atoms with Crippen molar-refractivity contribution in [2.24, 2.45) is 0 Å². The number of ether oxygens (including phenoxy) is 1. The Bertz CT molecular complexity index is 1840. The molecule has 0 radical (unpaired) electrons. The van der Waals surface area contributed by atoms with Gasteiger partial charge in [-0.05, 0) is 91.7 Å². The van der Waals surface area contributed by atoms with Crippen molar-refractivity contribution in [3.05, 3.63) is 156 Å². The molecule has 0 heterocycles. The van der Waals surface area contributed by atoms with Crippen LogP contribution in [0.25, 0.3) is 6.08 Å². The molecule has 236 valence electrons. The number of thioether (sulfide) groups is 1. The van der Waals surface area contributed by atoms with Gasteiger partial charge in [-0.3, -0.25) is 14.4 Å². The van der Waals surface area contributed by atoms with Gasteiger partial charge < -0.3 is 20.7 Å². The molecule has 1 unspecified atom stereocenters. The topological polar surface area (TPSA) is 96.5 Å². The lowest BCUT2D eigenvalue weighted by Gasteiger charge is -2.16. The van der Waals surface area contributed by atoms with Crippen molar-refractivity contribution in [3.63, 3.8) is 0 Å². The van der Waals surface area contributed by atoms with Gasteiger partial charge in [-0.1, -0.05) is 79.2 Å². The minimum atomic E-state index is -0.471. The normalized spacial score (nSPS) is 11.7. The highest BCUT2D eigenvalue weighted by atomic mass is 32.2. The first kappa shape index (κ1) is 32.8. The van der Waals surface area contributed by atoms with Crippen molar-refractivity contribution in [3.8, 4) is 11.5 Å². The first-order valence-electron chi connectivity index (χ1n) is 15.2. The third-order valence-electron chi connectivity index (χ3n) is 7.05. The molecule has 47 heavy (non-hydrogen) atoms. The van der Waals surface area contributed by atoms with Crippen LogP contribution in [0.5, 0.6) is 11.5 Å². The van der Waals surface area contributed by atoms with Gasteiger partial charge >= 0.3 is 0 Å². The summed E-state index contributed by atoms with van der Waals surface area (Å²) >= 11 is 1.41. The first-order valence-corrected chi connectivity index (χ1v) is 16.1. The molecule has 0 saturated carbocycles. The van der Waals surface area contributed by atoms with Gasteiger partial charge in [0.05, 0.1) is 5.25 Å². The molecule has 3 amide bonds. The second kappa shape index (κ2) is 16.1. The molecule has 0 saturated heterocycles. The van der Waals surface area contributed by atoms with Crippen LogP contribution in [0, 0.1) is 6.92 Å². The van der Waals surface area contributed by atoms with Crippen LogP contribution in [-0.2, 0) is 9.59 Å². The molecule has 0 aliphatic heterocycles. The van der Waals surface area contributed by atoms with E-state index >= 15 is 0 Å². The number of anilines is 2. The summed E-state index contributed by atoms with van der Waals surface area (Å²) in [4.78, 5) is 40.5. The first-order chi connectivity index (χ1) is 22.9. The van der Waals surface area contributed by atoms with Gasteiger partial charge in [0, 0.05) is 21.8 Å². The summed E-state index contributed by atoms with van der Waals surface area (Å²) in [7, 11) is 0. The number of carbonyl (C=O) groups is 3. The maximum Gasteiger partial charge on any atom is 0.272 e. The zero-order valence-corrected chi connectivity index (χ0v) is 26.9. The zero-order valence-electron chi connectivity index (χ0n) is 26.1. The zero-order chi connectivity index (χ0) is 33.0. The molecule has 5 aromatic rings. The van der Waals surface area contributed by atoms with Crippen molar-refractivity contribution >= 4 is 46.9 Å². The van der Waals surface area contributed by atoms with Crippen molar-refractivity contribution in [2.75, 3.05) is 10.6 Å². The van der Waals surface area contributed by atoms with E-state index in [1.807, 2.05) is 117 Å². The standard InChI is InChI=1S/C39H35N3O4S/c1-3-36(39(45)40-30-21-23-33(24-22-30)46-32-14-8-5-9-15-32)47-34-16-10-13-31(26-34)41-38(44)35(25-28-19-17-27(2)18-20-28)42-37(43)29-11-6-4-7-12-29/h4-26,36H,3H2,1-2H3,(H,40,45)(H,41,44)(H,42,43)/b35-25-. The number of hydrogen-bond acceptors (Lipinski definition) is 5. The Morgan fingerprint density at radius 1 is 0.723 bits per heavy atom. The minimum absolute atomic E-state index is 0.103. The molecule has 8 heteroatoms. The van der Waals surface area contributed by atoms with Gasteiger partial charge in [-0.15, -0.1) is 11.8 Å². The molecule has 0 aromatic heterocycles. The van der Waals surface area contributed by atoms with Crippen molar-refractivity contribution in [2.45, 2.75) is 30.4 Å². The summed E-state index contributed by atoms with van der Waals surface area (Å²) in [5.41, 5.74) is 3.60. The summed E-state index contributed by atoms with van der Waals surface area (Å²) in [5, 5.41) is 8.30. The van der Waals surface area contributed by atoms with Crippen molar-refractivity contribution < 1.29 is 19.1 Å². The van der Waals surface area contributed by atoms with E-state index < -0.39 is 11.8 Å². The Morgan fingerprint density at radius 3 is 2.06 bits per heavy atom. The Labute approximate surface area is 279 Å². The lowest BCUT2D eigenvalue weighted by atomic mass is 10.1. The maximum absolute atomic E-state index is 13.5. The Hall–Kier alpha value is -5.60. The molecular weight excluding hydrogens is 607 g/mol. The van der Waals surface area contributed by atoms with Gasteiger partial charge in [0.15, 0.2) is 0 Å². The fraction of sp³-hybridized carbons (Fsp3) is 0.103. The number of rotatable bonds is 12. The van der Waals surface area contributed by atoms with E-state index in [4.69, 9.17) is 4.74 Å². The fourth-order valence-electron chi connectivity index (χ4n) is 4.56. The van der Waals surface area contributed by atoms with E-state index in [1.165, 1.54) is 11.8 Å². The average Bonchev–Trinajstić information content (AvgIpc) is 3.09. The SMILES string of the molecule is CCC(Sc1cccc(NC(=O)/C(=C/c2ccc(C)cc2)NC(=O)c2ccccc2)c1)C(=O)Nc1ccc(Oc2ccccc2)cc1. The monoisotopic (exact) mass is 641 g/mol. The summed E-state index contributed by atoms with van der Waals surface area (Å²) in [6.07, 6.45) is 2.24. The number of nitrogens with one attached hydrogen (secondary N) is 3. The van der Waals surface area contributed by atoms with Crippen molar-refractivity contribution in [1.29, 1.82) is 0 Å². The van der Waals surface area contributed by atoms with Crippen LogP contribution in [0.15, 0.2) is 144 Å². The second-order valence-electron chi connectivity index (χ2n) is 10.7. The summed E-state index contributed by atoms with van der Waals surface area (Å²) in [6, 6.07) is 40.4. The van der Waals surface area contributed by atoms with E-state index in [-0.39, 0.29) is 16.9 Å². The van der Waals surface area contributed by atoms with Crippen molar-refractivity contribution in [1.82, 2.24) is 5.32 Å². The number of benzene rings is 5. The van der Waals surface area contributed by atoms with Gasteiger partial charge in [-0.25, -0.2) is 0 Å². The quantitative estimate of drug-likeness (QED) is 0.0936. The number of amides is 3. The average molecular weight is 642 g/mol. The molecule has 5 aromatic carbocycles. The molecule has 0 aliphatic rings. The van der Waals surface area contributed by atoms with Gasteiger partial charge in [0.2, 0.25) is 5.91 Å². The molecule has 0 spiro atoms. The molecule has 7 nitrogen and oxygen atoms in total. The lowest BCUT2D eigenvalue weighted by molar-refractivity contribution is -0.116. The van der Waals surface area contributed by atoms with Gasteiger partial charge in [-0.2, -0.15) is 0 Å². The summed E-state index contributed by atoms with van der Waals surface area (Å²) in [5.74, 6) is 0.419. The van der Waals surface area contributed by atoms with Crippen LogP contribution in [0.2, 0.25) is 0 Å². The van der Waals surface area contributed by atoms with E-state index in [1.54, 1.807) is 36.4 Å². The molecule has 0 fully saturated rings. The molecular formula is C39H35N3O4S. The largest absolute Gasteiger partial charge is 0.457 e. The molecule has 0 bridgehead atoms. The van der Waals surface area contributed by atoms with Crippen LogP contribution in [0.3, 0.4) is 0 Å². The third kappa shape index (κ3) is 9.69. The Morgan fingerprint density at radius 2 is 1.38 bits per heavy atom. The van der Waals surface area contributed by atoms with E-state index in [2.05, 4.69) is 16.0 Å². The predicted octanol–water partition coefficient (Wildman–Crippen LogP) is 8.71. The van der Waals surface area contributed by atoms with E-state index in [0.29, 0.717) is 29.1 Å². The van der Waals surface area contributed by atoms with E-state index in [9.17, 15) is 14.4 Å². The second-order valence-corrected chi connectivity index (χ2v) is 12.0.